The first-order chi connectivity index (χ1) is 14.0. The molecule has 0 amide bonds. The van der Waals surface area contributed by atoms with Gasteiger partial charge in [0, 0.05) is 0 Å². The summed E-state index contributed by atoms with van der Waals surface area (Å²) in [6, 6.07) is 0. The molecule has 0 unspecified atom stereocenters. The van der Waals surface area contributed by atoms with Crippen molar-refractivity contribution in [1.82, 2.24) is 0 Å². The maximum Gasteiger partial charge on any atom is 0.0787 e. The van der Waals surface area contributed by atoms with Crippen LogP contribution in [0.25, 0.3) is 0 Å². The second-order valence-electron chi connectivity index (χ2n) is 11.4. The number of allylic oxidation sites excluding steroid dienone is 5. The minimum absolute atomic E-state index is 0.243. The second-order valence-corrected chi connectivity index (χ2v) is 11.4. The summed E-state index contributed by atoms with van der Waals surface area (Å²) in [4.78, 5) is 0. The molecule has 0 spiro atoms. The van der Waals surface area contributed by atoms with Crippen molar-refractivity contribution in [2.45, 2.75) is 111 Å². The summed E-state index contributed by atoms with van der Waals surface area (Å²) < 4.78 is 0. The molecule has 3 rings (SSSR count). The molecule has 168 valence electrons. The van der Waals surface area contributed by atoms with Crippen molar-refractivity contribution in [3.63, 3.8) is 0 Å². The van der Waals surface area contributed by atoms with Gasteiger partial charge in [0.1, 0.15) is 0 Å². The average molecular weight is 413 g/mol. The summed E-state index contributed by atoms with van der Waals surface area (Å²) in [5, 5.41) is 20.3. The van der Waals surface area contributed by atoms with Gasteiger partial charge in [0.2, 0.25) is 0 Å². The average Bonchev–Trinajstić information content (AvgIpc) is 2.92. The van der Waals surface area contributed by atoms with Gasteiger partial charge in [-0.15, -0.1) is 0 Å². The van der Waals surface area contributed by atoms with Crippen molar-refractivity contribution in [2.75, 3.05) is 0 Å². The third kappa shape index (κ3) is 4.70. The van der Waals surface area contributed by atoms with E-state index in [9.17, 15) is 10.2 Å². The molecule has 0 aromatic heterocycles. The largest absolute Gasteiger partial charge is 0.390 e. The van der Waals surface area contributed by atoms with Crippen LogP contribution in [0, 0.1) is 16.7 Å². The quantitative estimate of drug-likeness (QED) is 0.375. The highest BCUT2D eigenvalue weighted by atomic mass is 16.3. The highest BCUT2D eigenvalue weighted by Crippen LogP contribution is 2.65. The summed E-state index contributed by atoms with van der Waals surface area (Å²) in [5.41, 5.74) is 5.56. The van der Waals surface area contributed by atoms with Gasteiger partial charge in [0.15, 0.2) is 0 Å². The zero-order chi connectivity index (χ0) is 22.2. The fourth-order valence-corrected chi connectivity index (χ4v) is 6.23. The maximum atomic E-state index is 10.3. The molecule has 30 heavy (non-hydrogen) atoms. The highest BCUT2D eigenvalue weighted by Gasteiger charge is 2.54. The van der Waals surface area contributed by atoms with E-state index in [0.717, 1.165) is 37.7 Å². The first-order valence-corrected chi connectivity index (χ1v) is 12.1. The van der Waals surface area contributed by atoms with Crippen LogP contribution in [0.2, 0.25) is 0 Å². The Bertz CT molecular complexity index is 731. The Morgan fingerprint density at radius 3 is 2.43 bits per heavy atom. The van der Waals surface area contributed by atoms with Gasteiger partial charge in [-0.05, 0) is 100 Å². The van der Waals surface area contributed by atoms with Gasteiger partial charge in [-0.25, -0.2) is 0 Å². The lowest BCUT2D eigenvalue weighted by Crippen LogP contribution is -2.38. The van der Waals surface area contributed by atoms with Crippen molar-refractivity contribution in [1.29, 1.82) is 0 Å². The van der Waals surface area contributed by atoms with Gasteiger partial charge in [-0.1, -0.05) is 62.3 Å². The van der Waals surface area contributed by atoms with Gasteiger partial charge < -0.3 is 10.2 Å². The number of aliphatic hydroxyl groups excluding tert-OH is 1. The van der Waals surface area contributed by atoms with Gasteiger partial charge >= 0.3 is 0 Å². The molecule has 0 radical (unpaired) electrons. The monoisotopic (exact) mass is 412 g/mol. The molecule has 0 aliphatic heterocycles. The molecule has 3 aliphatic rings. The second kappa shape index (κ2) is 8.79. The molecule has 0 aromatic rings. The van der Waals surface area contributed by atoms with Crippen LogP contribution in [0.3, 0.4) is 0 Å². The normalized spacial score (nSPS) is 39.2. The van der Waals surface area contributed by atoms with E-state index in [1.807, 2.05) is 13.8 Å². The molecule has 3 aliphatic carbocycles. The molecule has 0 bridgehead atoms. The zero-order valence-corrected chi connectivity index (χ0v) is 20.1. The topological polar surface area (TPSA) is 40.5 Å². The SMILES string of the molecule is C=C1[C@H](C)C/C(=C/C=C2\CCC[C@]3(C)/C(=C\CCCC(C)(C)O)CC[C@@]23C)C[C@H]1O. The molecular formula is C28H44O2. The third-order valence-corrected chi connectivity index (χ3v) is 8.64. The van der Waals surface area contributed by atoms with Gasteiger partial charge in [0.25, 0.3) is 0 Å². The lowest BCUT2D eigenvalue weighted by atomic mass is 9.56. The van der Waals surface area contributed by atoms with Crippen LogP contribution in [0.1, 0.15) is 98.8 Å². The Labute approximate surface area is 184 Å². The lowest BCUT2D eigenvalue weighted by molar-refractivity contribution is 0.0690. The van der Waals surface area contributed by atoms with Crippen LogP contribution in [0.5, 0.6) is 0 Å². The number of hydrogen-bond acceptors (Lipinski definition) is 2. The summed E-state index contributed by atoms with van der Waals surface area (Å²) in [5.74, 6) is 0.371. The summed E-state index contributed by atoms with van der Waals surface area (Å²) in [6.07, 6.45) is 17.8. The standard InChI is InChI=1S/C28H44O2/c1-20-18-22(19-25(29)21(20)2)12-13-23-11-9-16-27(5)24(14-17-28(23,27)6)10-7-8-15-26(3,4)30/h10,12-13,20,25,29-30H,2,7-9,11,14-19H2,1,3-6H3/b22-12-,23-13+,24-10-/t20-,25-,27-,28+/m1/s1. The molecule has 3 fully saturated rings. The Morgan fingerprint density at radius 2 is 1.77 bits per heavy atom. The van der Waals surface area contributed by atoms with Crippen molar-refractivity contribution >= 4 is 0 Å². The minimum atomic E-state index is -0.558. The third-order valence-electron chi connectivity index (χ3n) is 8.64. The highest BCUT2D eigenvalue weighted by molar-refractivity contribution is 5.37. The maximum absolute atomic E-state index is 10.3. The molecule has 0 saturated heterocycles. The molecule has 0 heterocycles. The molecule has 3 saturated carbocycles. The minimum Gasteiger partial charge on any atom is -0.390 e. The van der Waals surface area contributed by atoms with Crippen molar-refractivity contribution in [3.05, 3.63) is 47.1 Å². The first kappa shape index (κ1) is 23.5. The van der Waals surface area contributed by atoms with Crippen LogP contribution >= 0.6 is 0 Å². The van der Waals surface area contributed by atoms with Crippen LogP contribution in [0.4, 0.5) is 0 Å². The predicted molar refractivity (Wildman–Crippen MR) is 127 cm³/mol. The van der Waals surface area contributed by atoms with E-state index in [1.165, 1.54) is 37.7 Å². The Balaban J connectivity index is 1.76. The first-order valence-electron chi connectivity index (χ1n) is 12.1. The number of fused-ring (bicyclic) bond motifs is 1. The van der Waals surface area contributed by atoms with Gasteiger partial charge in [-0.2, -0.15) is 0 Å². The molecule has 2 heteroatoms. The van der Waals surface area contributed by atoms with Gasteiger partial charge in [0.05, 0.1) is 11.7 Å². The number of unbranched alkanes of at least 4 members (excludes halogenated alkanes) is 1. The Morgan fingerprint density at radius 1 is 1.07 bits per heavy atom. The van der Waals surface area contributed by atoms with Gasteiger partial charge in [-0.3, -0.25) is 0 Å². The molecule has 2 N–H and O–H groups in total. The Kier molecular flexibility index (Phi) is 6.90. The van der Waals surface area contributed by atoms with Crippen LogP contribution in [-0.2, 0) is 0 Å². The van der Waals surface area contributed by atoms with Crippen molar-refractivity contribution in [2.24, 2.45) is 16.7 Å². The summed E-state index contributed by atoms with van der Waals surface area (Å²) in [7, 11) is 0. The number of rotatable bonds is 5. The summed E-state index contributed by atoms with van der Waals surface area (Å²) >= 11 is 0. The van der Waals surface area contributed by atoms with E-state index in [4.69, 9.17) is 0 Å². The molecule has 0 aromatic carbocycles. The molecular weight excluding hydrogens is 368 g/mol. The molecule has 4 atom stereocenters. The zero-order valence-electron chi connectivity index (χ0n) is 20.1. The smallest absolute Gasteiger partial charge is 0.0787 e. The summed E-state index contributed by atoms with van der Waals surface area (Å²) in [6.45, 7) is 15.0. The molecule has 2 nitrogen and oxygen atoms in total. The van der Waals surface area contributed by atoms with Crippen molar-refractivity contribution < 1.29 is 10.2 Å². The van der Waals surface area contributed by atoms with E-state index < -0.39 is 5.60 Å². The van der Waals surface area contributed by atoms with E-state index in [1.54, 1.807) is 11.1 Å². The van der Waals surface area contributed by atoms with E-state index in [-0.39, 0.29) is 16.9 Å². The van der Waals surface area contributed by atoms with Crippen LogP contribution < -0.4 is 0 Å². The van der Waals surface area contributed by atoms with Crippen molar-refractivity contribution in [3.8, 4) is 0 Å². The number of hydrogen-bond donors (Lipinski definition) is 2. The fraction of sp³-hybridized carbons (Fsp3) is 0.714. The van der Waals surface area contributed by atoms with E-state index in [2.05, 4.69) is 45.6 Å². The van der Waals surface area contributed by atoms with E-state index >= 15 is 0 Å². The van der Waals surface area contributed by atoms with Crippen LogP contribution in [-0.4, -0.2) is 21.9 Å². The predicted octanol–water partition coefficient (Wildman–Crippen LogP) is 7.04. The fourth-order valence-electron chi connectivity index (χ4n) is 6.23. The van der Waals surface area contributed by atoms with E-state index in [0.29, 0.717) is 5.92 Å². The lowest BCUT2D eigenvalue weighted by Gasteiger charge is -2.48. The Hall–Kier alpha value is -1.12. The van der Waals surface area contributed by atoms with Crippen LogP contribution in [0.15, 0.2) is 47.1 Å². The number of aliphatic hydroxyl groups is 2.